The third-order valence-electron chi connectivity index (χ3n) is 2.76. The first-order chi connectivity index (χ1) is 9.80. The van der Waals surface area contributed by atoms with E-state index < -0.39 is 12.8 Å². The number of hydrogen-bond acceptors (Lipinski definition) is 2. The highest BCUT2D eigenvalue weighted by atomic mass is 16.4. The van der Waals surface area contributed by atoms with Crippen LogP contribution in [0, 0.1) is 13.8 Å². The lowest BCUT2D eigenvalue weighted by Crippen LogP contribution is -2.03. The van der Waals surface area contributed by atoms with Crippen molar-refractivity contribution < 1.29 is 14.0 Å². The predicted molar refractivity (Wildman–Crippen MR) is 72.6 cm³/mol. The Labute approximate surface area is 110 Å². The van der Waals surface area contributed by atoms with Gasteiger partial charge in [-0.1, -0.05) is 24.3 Å². The molecule has 0 aromatic heterocycles. The minimum Gasteiger partial charge on any atom is -0.478 e. The average Bonchev–Trinajstić information content (AvgIpc) is 2.40. The van der Waals surface area contributed by atoms with Crippen LogP contribution in [0.25, 0.3) is 0 Å². The number of carbonyl (C=O) groups is 1. The van der Waals surface area contributed by atoms with E-state index in [0.717, 1.165) is 0 Å². The van der Waals surface area contributed by atoms with Gasteiger partial charge in [0.05, 0.1) is 11.3 Å². The van der Waals surface area contributed by atoms with Crippen molar-refractivity contribution >= 4 is 17.3 Å². The first kappa shape index (κ1) is 8.75. The molecule has 0 spiro atoms. The minimum absolute atomic E-state index is 0.135. The topological polar surface area (TPSA) is 49.3 Å². The Morgan fingerprint density at radius 3 is 2.61 bits per heavy atom. The number of aromatic carboxylic acids is 1. The van der Waals surface area contributed by atoms with Crippen molar-refractivity contribution in [3.63, 3.8) is 0 Å². The van der Waals surface area contributed by atoms with Crippen molar-refractivity contribution in [3.05, 3.63) is 59.2 Å². The van der Waals surface area contributed by atoms with Crippen molar-refractivity contribution in [2.75, 3.05) is 5.32 Å². The molecule has 2 aromatic rings. The molecule has 0 saturated heterocycles. The molecule has 3 nitrogen and oxygen atoms in total. The van der Waals surface area contributed by atoms with Gasteiger partial charge in [-0.05, 0) is 43.1 Å². The van der Waals surface area contributed by atoms with E-state index in [2.05, 4.69) is 5.32 Å². The molecule has 2 aromatic carbocycles. The Hall–Kier alpha value is -2.29. The Morgan fingerprint density at radius 1 is 1.17 bits per heavy atom. The fourth-order valence-corrected chi connectivity index (χ4v) is 1.69. The lowest BCUT2D eigenvalue weighted by atomic mass is 10.1. The molecule has 92 valence electrons. The molecular formula is C15H15NO2. The fraction of sp³-hybridized carbons (Fsp3) is 0.133. The van der Waals surface area contributed by atoms with Crippen LogP contribution in [-0.2, 0) is 0 Å². The molecule has 0 atom stereocenters. The van der Waals surface area contributed by atoms with Crippen molar-refractivity contribution in [2.24, 2.45) is 0 Å². The molecule has 18 heavy (non-hydrogen) atoms. The highest BCUT2D eigenvalue weighted by Gasteiger charge is 2.10. The summed E-state index contributed by atoms with van der Waals surface area (Å²) >= 11 is 0. The van der Waals surface area contributed by atoms with E-state index in [1.807, 2.05) is 0 Å². The number of carboxylic acid groups (broad SMARTS) is 1. The zero-order valence-electron chi connectivity index (χ0n) is 12.9. The van der Waals surface area contributed by atoms with Gasteiger partial charge >= 0.3 is 5.97 Å². The summed E-state index contributed by atoms with van der Waals surface area (Å²) in [6.45, 7) is -0.499. The highest BCUT2D eigenvalue weighted by Crippen LogP contribution is 2.25. The molecule has 2 N–H and O–H groups in total. The Morgan fingerprint density at radius 2 is 1.89 bits per heavy atom. The molecular weight excluding hydrogens is 226 g/mol. The van der Waals surface area contributed by atoms with Gasteiger partial charge in [0.25, 0.3) is 0 Å². The molecule has 0 bridgehead atoms. The van der Waals surface area contributed by atoms with Gasteiger partial charge < -0.3 is 10.4 Å². The molecule has 0 saturated carbocycles. The van der Waals surface area contributed by atoms with E-state index >= 15 is 0 Å². The molecule has 3 heteroatoms. The van der Waals surface area contributed by atoms with Crippen LogP contribution < -0.4 is 5.32 Å². The number of para-hydroxylation sites is 1. The maximum absolute atomic E-state index is 11.2. The highest BCUT2D eigenvalue weighted by molar-refractivity contribution is 5.95. The lowest BCUT2D eigenvalue weighted by Gasteiger charge is -2.13. The Bertz CT molecular complexity index is 681. The molecule has 0 radical (unpaired) electrons. The van der Waals surface area contributed by atoms with Crippen LogP contribution in [0.15, 0.2) is 42.5 Å². The number of rotatable bonds is 3. The van der Waals surface area contributed by atoms with Gasteiger partial charge in [0.15, 0.2) is 0 Å². The lowest BCUT2D eigenvalue weighted by molar-refractivity contribution is 0.0698. The molecule has 0 aliphatic rings. The second-order valence-corrected chi connectivity index (χ2v) is 3.95. The van der Waals surface area contributed by atoms with Gasteiger partial charge in [-0.25, -0.2) is 4.79 Å². The van der Waals surface area contributed by atoms with Crippen LogP contribution >= 0.6 is 0 Å². The van der Waals surface area contributed by atoms with Crippen molar-refractivity contribution in [1.82, 2.24) is 0 Å². The molecule has 0 unspecified atom stereocenters. The normalized spacial score (nSPS) is 13.3. The minimum atomic E-state index is -2.20. The summed E-state index contributed by atoms with van der Waals surface area (Å²) in [7, 11) is 0. The summed E-state index contributed by atoms with van der Waals surface area (Å²) in [6.07, 6.45) is 0. The van der Waals surface area contributed by atoms with E-state index in [1.54, 1.807) is 43.3 Å². The molecule has 0 fully saturated rings. The maximum Gasteiger partial charge on any atom is 0.337 e. The van der Waals surface area contributed by atoms with Crippen LogP contribution in [0.5, 0.6) is 0 Å². The largest absolute Gasteiger partial charge is 0.478 e. The van der Waals surface area contributed by atoms with Crippen molar-refractivity contribution in [2.45, 2.75) is 13.8 Å². The fourth-order valence-electron chi connectivity index (χ4n) is 1.69. The Balaban J connectivity index is 2.44. The first-order valence-electron chi connectivity index (χ1n) is 7.00. The van der Waals surface area contributed by atoms with Gasteiger partial charge in [0, 0.05) is 9.80 Å². The molecule has 0 aliphatic carbocycles. The SMILES string of the molecule is [2H]C([2H])([2H])c1cccc(Nc2ccccc2C(=O)O)c1C. The molecule has 0 aliphatic heterocycles. The van der Waals surface area contributed by atoms with Crippen molar-refractivity contribution in [3.8, 4) is 0 Å². The quantitative estimate of drug-likeness (QED) is 0.864. The van der Waals surface area contributed by atoms with Crippen LogP contribution in [0.2, 0.25) is 0 Å². The van der Waals surface area contributed by atoms with Gasteiger partial charge in [-0.15, -0.1) is 0 Å². The number of hydrogen-bond donors (Lipinski definition) is 2. The zero-order valence-corrected chi connectivity index (χ0v) is 9.90. The van der Waals surface area contributed by atoms with Crippen LogP contribution in [0.1, 0.15) is 25.6 Å². The summed E-state index contributed by atoms with van der Waals surface area (Å²) in [6, 6.07) is 11.4. The van der Waals surface area contributed by atoms with Crippen LogP contribution in [-0.4, -0.2) is 11.1 Å². The van der Waals surface area contributed by atoms with E-state index in [9.17, 15) is 4.79 Å². The van der Waals surface area contributed by atoms with E-state index in [1.165, 1.54) is 6.07 Å². The van der Waals surface area contributed by atoms with E-state index in [0.29, 0.717) is 16.9 Å². The van der Waals surface area contributed by atoms with Crippen molar-refractivity contribution in [1.29, 1.82) is 0 Å². The third kappa shape index (κ3) is 2.35. The monoisotopic (exact) mass is 244 g/mol. The van der Waals surface area contributed by atoms with Crippen LogP contribution in [0.4, 0.5) is 11.4 Å². The number of carboxylic acids is 1. The summed E-state index contributed by atoms with van der Waals surface area (Å²) in [5.41, 5.74) is 1.97. The maximum atomic E-state index is 11.2. The number of anilines is 2. The van der Waals surface area contributed by atoms with Crippen LogP contribution in [0.3, 0.4) is 0 Å². The Kier molecular flexibility index (Phi) is 2.39. The van der Waals surface area contributed by atoms with E-state index in [4.69, 9.17) is 9.22 Å². The van der Waals surface area contributed by atoms with Gasteiger partial charge in [0.2, 0.25) is 0 Å². The standard InChI is InChI=1S/C15H15NO2/c1-10-6-5-9-13(11(10)2)16-14-8-4-3-7-12(14)15(17)18/h3-9,16H,1-2H3,(H,17,18)/i1D3. The number of benzene rings is 2. The van der Waals surface area contributed by atoms with Gasteiger partial charge in [-0.2, -0.15) is 0 Å². The molecule has 0 heterocycles. The zero-order chi connectivity index (χ0) is 15.6. The second kappa shape index (κ2) is 4.92. The van der Waals surface area contributed by atoms with Gasteiger partial charge in [0.1, 0.15) is 0 Å². The summed E-state index contributed by atoms with van der Waals surface area (Å²) in [5, 5.41) is 12.2. The smallest absolute Gasteiger partial charge is 0.337 e. The predicted octanol–water partition coefficient (Wildman–Crippen LogP) is 3.75. The number of aryl methyl sites for hydroxylation is 1. The average molecular weight is 244 g/mol. The third-order valence-corrected chi connectivity index (χ3v) is 2.76. The summed E-state index contributed by atoms with van der Waals surface area (Å²) in [5.74, 6) is -1.04. The first-order valence-corrected chi connectivity index (χ1v) is 5.50. The second-order valence-electron chi connectivity index (χ2n) is 3.95. The summed E-state index contributed by atoms with van der Waals surface area (Å²) < 4.78 is 22.5. The summed E-state index contributed by atoms with van der Waals surface area (Å²) in [4.78, 5) is 11.2. The van der Waals surface area contributed by atoms with Gasteiger partial charge in [-0.3, -0.25) is 0 Å². The molecule has 2 rings (SSSR count). The molecule has 0 amide bonds. The van der Waals surface area contributed by atoms with E-state index in [-0.39, 0.29) is 11.1 Å². The number of nitrogens with one attached hydrogen (secondary N) is 1.